The predicted octanol–water partition coefficient (Wildman–Crippen LogP) is 4.63. The van der Waals surface area contributed by atoms with Gasteiger partial charge in [-0.25, -0.2) is 0 Å². The first kappa shape index (κ1) is 14.1. The Bertz CT molecular complexity index is 307. The molecule has 0 spiro atoms. The number of hydrogen-bond donors (Lipinski definition) is 1. The number of rotatable bonds is 6. The summed E-state index contributed by atoms with van der Waals surface area (Å²) in [5.74, 6) is 0.904. The summed E-state index contributed by atoms with van der Waals surface area (Å²) in [6, 6.07) is 5.25. The van der Waals surface area contributed by atoms with Gasteiger partial charge in [0.2, 0.25) is 0 Å². The van der Waals surface area contributed by atoms with Crippen molar-refractivity contribution in [2.24, 2.45) is 5.92 Å². The number of nitrogens with one attached hydrogen (secondary N) is 1. The molecule has 1 N–H and O–H groups in total. The van der Waals surface area contributed by atoms with Crippen LogP contribution >= 0.6 is 11.3 Å². The van der Waals surface area contributed by atoms with Gasteiger partial charge in [0.25, 0.3) is 0 Å². The van der Waals surface area contributed by atoms with E-state index >= 15 is 0 Å². The number of hydrogen-bond acceptors (Lipinski definition) is 2. The normalized spacial score (nSPS) is 24.9. The van der Waals surface area contributed by atoms with Crippen molar-refractivity contribution in [3.63, 3.8) is 0 Å². The van der Waals surface area contributed by atoms with Gasteiger partial charge in [0, 0.05) is 10.9 Å². The van der Waals surface area contributed by atoms with Crippen molar-refractivity contribution in [2.45, 2.75) is 64.3 Å². The van der Waals surface area contributed by atoms with Crippen LogP contribution in [0.4, 0.5) is 0 Å². The lowest BCUT2D eigenvalue weighted by Gasteiger charge is -2.26. The molecule has 0 aromatic carbocycles. The van der Waals surface area contributed by atoms with E-state index < -0.39 is 0 Å². The van der Waals surface area contributed by atoms with Gasteiger partial charge >= 0.3 is 0 Å². The molecule has 1 aromatic rings. The standard InChI is InChI=1S/C16H27NS/c1-2-12-17-16-9-5-3-4-7-14(16)10-11-15-8-6-13-18-15/h6,8,13-14,16-17H,2-5,7,9-12H2,1H3. The minimum Gasteiger partial charge on any atom is -0.314 e. The molecule has 102 valence electrons. The molecule has 1 fully saturated rings. The van der Waals surface area contributed by atoms with Crippen LogP contribution in [-0.2, 0) is 6.42 Å². The molecular weight excluding hydrogens is 238 g/mol. The molecule has 2 rings (SSSR count). The highest BCUT2D eigenvalue weighted by Gasteiger charge is 2.22. The van der Waals surface area contributed by atoms with E-state index in [1.165, 1.54) is 57.9 Å². The van der Waals surface area contributed by atoms with Crippen molar-refractivity contribution in [1.82, 2.24) is 5.32 Å². The third-order valence-corrected chi connectivity index (χ3v) is 5.09. The Morgan fingerprint density at radius 2 is 2.17 bits per heavy atom. The van der Waals surface area contributed by atoms with Crippen LogP contribution < -0.4 is 5.32 Å². The fourth-order valence-electron chi connectivity index (χ4n) is 3.11. The van der Waals surface area contributed by atoms with Gasteiger partial charge in [-0.05, 0) is 56.0 Å². The maximum atomic E-state index is 3.79. The Labute approximate surface area is 116 Å². The van der Waals surface area contributed by atoms with E-state index in [0.29, 0.717) is 0 Å². The summed E-state index contributed by atoms with van der Waals surface area (Å²) in [4.78, 5) is 1.56. The lowest BCUT2D eigenvalue weighted by molar-refractivity contribution is 0.317. The summed E-state index contributed by atoms with van der Waals surface area (Å²) in [6.07, 6.45) is 11.1. The van der Waals surface area contributed by atoms with Gasteiger partial charge in [-0.2, -0.15) is 0 Å². The Hall–Kier alpha value is -0.340. The minimum atomic E-state index is 0.785. The lowest BCUT2D eigenvalue weighted by atomic mass is 9.90. The lowest BCUT2D eigenvalue weighted by Crippen LogP contribution is -2.36. The van der Waals surface area contributed by atoms with Gasteiger partial charge < -0.3 is 5.32 Å². The van der Waals surface area contributed by atoms with Crippen LogP contribution in [0.3, 0.4) is 0 Å². The Balaban J connectivity index is 1.84. The minimum absolute atomic E-state index is 0.785. The SMILES string of the molecule is CCCNC1CCCCCC1CCc1cccs1. The molecular formula is C16H27NS. The summed E-state index contributed by atoms with van der Waals surface area (Å²) in [5.41, 5.74) is 0. The smallest absolute Gasteiger partial charge is 0.00954 e. The first-order valence-electron chi connectivity index (χ1n) is 7.66. The van der Waals surface area contributed by atoms with Gasteiger partial charge in [0.05, 0.1) is 0 Å². The molecule has 0 bridgehead atoms. The summed E-state index contributed by atoms with van der Waals surface area (Å²) in [6.45, 7) is 3.46. The zero-order valence-corrected chi connectivity index (χ0v) is 12.5. The molecule has 1 aliphatic rings. The average Bonchev–Trinajstić information content (AvgIpc) is 2.80. The second kappa shape index (κ2) is 7.96. The second-order valence-corrected chi connectivity index (χ2v) is 6.61. The molecule has 1 aromatic heterocycles. The quantitative estimate of drug-likeness (QED) is 0.740. The molecule has 18 heavy (non-hydrogen) atoms. The largest absolute Gasteiger partial charge is 0.314 e. The van der Waals surface area contributed by atoms with Gasteiger partial charge in [0.1, 0.15) is 0 Å². The van der Waals surface area contributed by atoms with Crippen LogP contribution in [0.1, 0.15) is 56.7 Å². The van der Waals surface area contributed by atoms with Crippen molar-refractivity contribution in [1.29, 1.82) is 0 Å². The fourth-order valence-corrected chi connectivity index (χ4v) is 3.84. The van der Waals surface area contributed by atoms with E-state index in [0.717, 1.165) is 12.0 Å². The van der Waals surface area contributed by atoms with E-state index in [-0.39, 0.29) is 0 Å². The maximum Gasteiger partial charge on any atom is 0.00954 e. The fraction of sp³-hybridized carbons (Fsp3) is 0.750. The molecule has 0 aliphatic heterocycles. The predicted molar refractivity (Wildman–Crippen MR) is 81.3 cm³/mol. The van der Waals surface area contributed by atoms with Crippen LogP contribution in [-0.4, -0.2) is 12.6 Å². The molecule has 2 heteroatoms. The zero-order valence-electron chi connectivity index (χ0n) is 11.7. The molecule has 2 atom stereocenters. The van der Waals surface area contributed by atoms with E-state index in [1.54, 1.807) is 4.88 Å². The average molecular weight is 265 g/mol. The van der Waals surface area contributed by atoms with Crippen molar-refractivity contribution in [3.05, 3.63) is 22.4 Å². The Morgan fingerprint density at radius 1 is 1.28 bits per heavy atom. The zero-order chi connectivity index (χ0) is 12.6. The monoisotopic (exact) mass is 265 g/mol. The van der Waals surface area contributed by atoms with Crippen LogP contribution in [0.25, 0.3) is 0 Å². The molecule has 0 saturated heterocycles. The van der Waals surface area contributed by atoms with Crippen molar-refractivity contribution in [3.8, 4) is 0 Å². The first-order chi connectivity index (χ1) is 8.90. The maximum absolute atomic E-state index is 3.79. The van der Waals surface area contributed by atoms with E-state index in [1.807, 2.05) is 11.3 Å². The van der Waals surface area contributed by atoms with Crippen LogP contribution in [0.2, 0.25) is 0 Å². The molecule has 1 saturated carbocycles. The highest BCUT2D eigenvalue weighted by molar-refractivity contribution is 7.09. The van der Waals surface area contributed by atoms with Crippen molar-refractivity contribution in [2.75, 3.05) is 6.54 Å². The van der Waals surface area contributed by atoms with Crippen molar-refractivity contribution < 1.29 is 0 Å². The van der Waals surface area contributed by atoms with Gasteiger partial charge in [0.15, 0.2) is 0 Å². The first-order valence-corrected chi connectivity index (χ1v) is 8.54. The highest BCUT2D eigenvalue weighted by atomic mass is 32.1. The number of thiophene rings is 1. The summed E-state index contributed by atoms with van der Waals surface area (Å²) < 4.78 is 0. The topological polar surface area (TPSA) is 12.0 Å². The molecule has 1 aliphatic carbocycles. The molecule has 0 amide bonds. The van der Waals surface area contributed by atoms with E-state index in [9.17, 15) is 0 Å². The molecule has 1 nitrogen and oxygen atoms in total. The van der Waals surface area contributed by atoms with E-state index in [2.05, 4.69) is 29.8 Å². The van der Waals surface area contributed by atoms with Crippen molar-refractivity contribution >= 4 is 11.3 Å². The third-order valence-electron chi connectivity index (χ3n) is 4.16. The van der Waals surface area contributed by atoms with Crippen LogP contribution in [0, 0.1) is 5.92 Å². The molecule has 0 radical (unpaired) electrons. The second-order valence-electron chi connectivity index (χ2n) is 5.58. The molecule has 1 heterocycles. The van der Waals surface area contributed by atoms with Crippen LogP contribution in [0.15, 0.2) is 17.5 Å². The van der Waals surface area contributed by atoms with Gasteiger partial charge in [-0.1, -0.05) is 32.3 Å². The summed E-state index contributed by atoms with van der Waals surface area (Å²) in [5, 5.41) is 6.00. The number of aryl methyl sites for hydroxylation is 1. The summed E-state index contributed by atoms with van der Waals surface area (Å²) in [7, 11) is 0. The summed E-state index contributed by atoms with van der Waals surface area (Å²) >= 11 is 1.92. The molecule has 2 unspecified atom stereocenters. The van der Waals surface area contributed by atoms with Gasteiger partial charge in [-0.15, -0.1) is 11.3 Å². The van der Waals surface area contributed by atoms with Crippen LogP contribution in [0.5, 0.6) is 0 Å². The van der Waals surface area contributed by atoms with Gasteiger partial charge in [-0.3, -0.25) is 0 Å². The van der Waals surface area contributed by atoms with E-state index in [4.69, 9.17) is 0 Å². The Kier molecular flexibility index (Phi) is 6.22. The highest BCUT2D eigenvalue weighted by Crippen LogP contribution is 2.28. The third kappa shape index (κ3) is 4.40. The Morgan fingerprint density at radius 3 is 2.94 bits per heavy atom.